The quantitative estimate of drug-likeness (QED) is 0.608. The van der Waals surface area contributed by atoms with E-state index in [0.717, 1.165) is 12.1 Å². The second-order valence-electron chi connectivity index (χ2n) is 2.55. The van der Waals surface area contributed by atoms with Gasteiger partial charge in [-0.25, -0.2) is 4.39 Å². The van der Waals surface area contributed by atoms with Crippen molar-refractivity contribution >= 4 is 11.8 Å². The van der Waals surface area contributed by atoms with Crippen LogP contribution in [0.15, 0.2) is 12.1 Å². The Bertz CT molecular complexity index is 417. The number of halogens is 1. The second-order valence-corrected chi connectivity index (χ2v) is 2.55. The molecular formula is C8H7FN2O3. The Balaban J connectivity index is 3.49. The minimum atomic E-state index is -1.20. The summed E-state index contributed by atoms with van der Waals surface area (Å²) < 4.78 is 13.3. The molecule has 0 atom stereocenters. The number of aromatic hydroxyl groups is 1. The fourth-order valence-corrected chi connectivity index (χ4v) is 0.991. The summed E-state index contributed by atoms with van der Waals surface area (Å²) in [4.78, 5) is 21.3. The Hall–Kier alpha value is -2.11. The standard InChI is InChI=1S/C8H7FN2O3/c9-6-3(7(10)13)1-2-4(12)5(6)8(11)14/h1-2,12H,(H2,10,13)(H2,11,14). The van der Waals surface area contributed by atoms with Crippen LogP contribution >= 0.6 is 0 Å². The number of carbonyl (C=O) groups is 2. The molecule has 0 saturated heterocycles. The highest BCUT2D eigenvalue weighted by atomic mass is 19.1. The van der Waals surface area contributed by atoms with Gasteiger partial charge in [0.25, 0.3) is 11.8 Å². The zero-order chi connectivity index (χ0) is 10.9. The summed E-state index contributed by atoms with van der Waals surface area (Å²) in [5.74, 6) is -4.03. The summed E-state index contributed by atoms with van der Waals surface area (Å²) >= 11 is 0. The van der Waals surface area contributed by atoms with E-state index in [1.54, 1.807) is 0 Å². The fourth-order valence-electron chi connectivity index (χ4n) is 0.991. The molecule has 1 aromatic carbocycles. The monoisotopic (exact) mass is 198 g/mol. The van der Waals surface area contributed by atoms with Gasteiger partial charge in [-0.3, -0.25) is 9.59 Å². The van der Waals surface area contributed by atoms with Crippen molar-refractivity contribution in [3.8, 4) is 5.75 Å². The molecule has 5 nitrogen and oxygen atoms in total. The van der Waals surface area contributed by atoms with E-state index >= 15 is 0 Å². The van der Waals surface area contributed by atoms with Crippen molar-refractivity contribution in [2.24, 2.45) is 11.5 Å². The van der Waals surface area contributed by atoms with Gasteiger partial charge in [0.1, 0.15) is 11.3 Å². The third-order valence-corrected chi connectivity index (χ3v) is 1.63. The molecule has 0 unspecified atom stereocenters. The van der Waals surface area contributed by atoms with Gasteiger partial charge in [0.2, 0.25) is 0 Å². The zero-order valence-corrected chi connectivity index (χ0v) is 6.95. The molecule has 0 aliphatic carbocycles. The van der Waals surface area contributed by atoms with Crippen LogP contribution in [0.2, 0.25) is 0 Å². The lowest BCUT2D eigenvalue weighted by Gasteiger charge is -2.04. The predicted octanol–water partition coefficient (Wildman–Crippen LogP) is -0.271. The number of hydrogen-bond acceptors (Lipinski definition) is 3. The van der Waals surface area contributed by atoms with Crippen molar-refractivity contribution in [1.82, 2.24) is 0 Å². The molecule has 0 saturated carbocycles. The Morgan fingerprint density at radius 3 is 2.21 bits per heavy atom. The Morgan fingerprint density at radius 1 is 1.21 bits per heavy atom. The van der Waals surface area contributed by atoms with Crippen LogP contribution in [-0.2, 0) is 0 Å². The molecule has 1 rings (SSSR count). The molecule has 74 valence electrons. The summed E-state index contributed by atoms with van der Waals surface area (Å²) in [6.45, 7) is 0. The van der Waals surface area contributed by atoms with E-state index in [1.165, 1.54) is 0 Å². The first-order chi connectivity index (χ1) is 6.45. The molecule has 1 aromatic rings. The zero-order valence-electron chi connectivity index (χ0n) is 6.95. The first-order valence-electron chi connectivity index (χ1n) is 3.56. The smallest absolute Gasteiger partial charge is 0.255 e. The summed E-state index contributed by atoms with van der Waals surface area (Å²) in [7, 11) is 0. The Kier molecular flexibility index (Phi) is 2.37. The molecule has 0 heterocycles. The van der Waals surface area contributed by atoms with Crippen molar-refractivity contribution in [3.05, 3.63) is 29.1 Å². The van der Waals surface area contributed by atoms with E-state index in [0.29, 0.717) is 0 Å². The van der Waals surface area contributed by atoms with Crippen molar-refractivity contribution in [2.75, 3.05) is 0 Å². The van der Waals surface area contributed by atoms with Crippen LogP contribution in [0.1, 0.15) is 20.7 Å². The van der Waals surface area contributed by atoms with Crippen LogP contribution in [0.3, 0.4) is 0 Å². The highest BCUT2D eigenvalue weighted by Crippen LogP contribution is 2.22. The van der Waals surface area contributed by atoms with E-state index < -0.39 is 34.5 Å². The van der Waals surface area contributed by atoms with Crippen LogP contribution in [0, 0.1) is 5.82 Å². The van der Waals surface area contributed by atoms with Crippen molar-refractivity contribution in [3.63, 3.8) is 0 Å². The molecule has 0 aliphatic rings. The summed E-state index contributed by atoms with van der Waals surface area (Å²) in [5, 5.41) is 9.08. The Labute approximate surface area is 78.1 Å². The average Bonchev–Trinajstić information content (AvgIpc) is 2.02. The normalized spacial score (nSPS) is 9.79. The number of benzene rings is 1. The molecule has 0 radical (unpaired) electrons. The predicted molar refractivity (Wildman–Crippen MR) is 45.1 cm³/mol. The van der Waals surface area contributed by atoms with Crippen LogP contribution < -0.4 is 11.5 Å². The van der Waals surface area contributed by atoms with Gasteiger partial charge in [0.15, 0.2) is 5.82 Å². The SMILES string of the molecule is NC(=O)c1ccc(O)c(C(N)=O)c1F. The number of rotatable bonds is 2. The molecule has 0 spiro atoms. The van der Waals surface area contributed by atoms with Gasteiger partial charge in [-0.15, -0.1) is 0 Å². The van der Waals surface area contributed by atoms with Gasteiger partial charge in [-0.05, 0) is 12.1 Å². The average molecular weight is 198 g/mol. The van der Waals surface area contributed by atoms with Gasteiger partial charge in [0, 0.05) is 0 Å². The summed E-state index contributed by atoms with van der Waals surface area (Å²) in [6.07, 6.45) is 0. The van der Waals surface area contributed by atoms with E-state index in [1.807, 2.05) is 0 Å². The van der Waals surface area contributed by atoms with Gasteiger partial charge < -0.3 is 16.6 Å². The van der Waals surface area contributed by atoms with E-state index in [2.05, 4.69) is 0 Å². The van der Waals surface area contributed by atoms with E-state index in [-0.39, 0.29) is 0 Å². The van der Waals surface area contributed by atoms with Crippen molar-refractivity contribution in [2.45, 2.75) is 0 Å². The number of nitrogens with two attached hydrogens (primary N) is 2. The number of amides is 2. The molecule has 2 amide bonds. The molecule has 14 heavy (non-hydrogen) atoms. The molecular weight excluding hydrogens is 191 g/mol. The minimum absolute atomic E-state index is 0.489. The minimum Gasteiger partial charge on any atom is -0.507 e. The third-order valence-electron chi connectivity index (χ3n) is 1.63. The second kappa shape index (κ2) is 3.33. The molecule has 6 heteroatoms. The van der Waals surface area contributed by atoms with Gasteiger partial charge in [-0.2, -0.15) is 0 Å². The van der Waals surface area contributed by atoms with Crippen LogP contribution in [0.25, 0.3) is 0 Å². The van der Waals surface area contributed by atoms with Crippen LogP contribution in [0.4, 0.5) is 4.39 Å². The van der Waals surface area contributed by atoms with Gasteiger partial charge in [-0.1, -0.05) is 0 Å². The van der Waals surface area contributed by atoms with Crippen molar-refractivity contribution in [1.29, 1.82) is 0 Å². The molecule has 0 aromatic heterocycles. The van der Waals surface area contributed by atoms with Gasteiger partial charge in [0.05, 0.1) is 5.56 Å². The van der Waals surface area contributed by atoms with Crippen LogP contribution in [-0.4, -0.2) is 16.9 Å². The lowest BCUT2D eigenvalue weighted by molar-refractivity contribution is 0.0992. The van der Waals surface area contributed by atoms with E-state index in [4.69, 9.17) is 16.6 Å². The number of primary amides is 2. The summed E-state index contributed by atoms with van der Waals surface area (Å²) in [6, 6.07) is 1.95. The molecule has 0 aliphatic heterocycles. The Morgan fingerprint density at radius 2 is 1.79 bits per heavy atom. The fraction of sp³-hybridized carbons (Fsp3) is 0. The highest BCUT2D eigenvalue weighted by Gasteiger charge is 2.19. The largest absolute Gasteiger partial charge is 0.507 e. The van der Waals surface area contributed by atoms with Crippen molar-refractivity contribution < 1.29 is 19.1 Å². The molecule has 0 fully saturated rings. The van der Waals surface area contributed by atoms with Gasteiger partial charge >= 0.3 is 0 Å². The number of carbonyl (C=O) groups excluding carboxylic acids is 2. The molecule has 5 N–H and O–H groups in total. The summed E-state index contributed by atoms with van der Waals surface area (Å²) in [5.41, 5.74) is 8.39. The number of hydrogen-bond donors (Lipinski definition) is 3. The lowest BCUT2D eigenvalue weighted by atomic mass is 10.1. The maximum atomic E-state index is 13.3. The maximum absolute atomic E-state index is 13.3. The lowest BCUT2D eigenvalue weighted by Crippen LogP contribution is -2.19. The number of phenols is 1. The topological polar surface area (TPSA) is 106 Å². The third kappa shape index (κ3) is 1.49. The maximum Gasteiger partial charge on any atom is 0.255 e. The van der Waals surface area contributed by atoms with E-state index in [9.17, 15) is 14.0 Å². The molecule has 0 bridgehead atoms. The van der Waals surface area contributed by atoms with Crippen LogP contribution in [0.5, 0.6) is 5.75 Å². The highest BCUT2D eigenvalue weighted by molar-refractivity contribution is 6.00. The first-order valence-corrected chi connectivity index (χ1v) is 3.56. The first kappa shape index (κ1) is 9.97.